The Balaban J connectivity index is 1.59. The third kappa shape index (κ3) is 6.87. The predicted molar refractivity (Wildman–Crippen MR) is 141 cm³/mol. The fourth-order valence-corrected chi connectivity index (χ4v) is 4.68. The minimum atomic E-state index is -0.997. The molecule has 1 N–H and O–H groups in total. The van der Waals surface area contributed by atoms with Gasteiger partial charge in [-0.1, -0.05) is 13.0 Å². The van der Waals surface area contributed by atoms with Crippen LogP contribution in [-0.4, -0.2) is 33.3 Å². The summed E-state index contributed by atoms with van der Waals surface area (Å²) in [5.41, 5.74) is -0.247. The minimum absolute atomic E-state index is 0.0718. The summed E-state index contributed by atoms with van der Waals surface area (Å²) in [5, 5.41) is 2.75. The number of nitrogens with zero attached hydrogens (tertiary/aromatic N) is 3. The number of ether oxygens (including phenoxy) is 1. The van der Waals surface area contributed by atoms with Crippen molar-refractivity contribution in [3.63, 3.8) is 0 Å². The van der Waals surface area contributed by atoms with Crippen LogP contribution in [0, 0.1) is 23.4 Å². The van der Waals surface area contributed by atoms with E-state index < -0.39 is 46.3 Å². The lowest BCUT2D eigenvalue weighted by Crippen LogP contribution is -2.25. The number of halogens is 3. The van der Waals surface area contributed by atoms with Crippen molar-refractivity contribution in [3.05, 3.63) is 77.5 Å². The van der Waals surface area contributed by atoms with Crippen LogP contribution in [-0.2, 0) is 4.74 Å². The van der Waals surface area contributed by atoms with Crippen LogP contribution in [0.4, 0.5) is 23.7 Å². The van der Waals surface area contributed by atoms with Gasteiger partial charge >= 0.3 is 6.09 Å². The van der Waals surface area contributed by atoms with Crippen LogP contribution < -0.4 is 5.32 Å². The van der Waals surface area contributed by atoms with Crippen molar-refractivity contribution in [1.29, 1.82) is 0 Å². The molecule has 4 rings (SSSR count). The average Bonchev–Trinajstić information content (AvgIpc) is 2.83. The van der Waals surface area contributed by atoms with E-state index in [0.29, 0.717) is 24.2 Å². The standard InChI is InChI=1S/C29H29F3N4O3/c1-16-12-17(14-18(13-16)34-28(38)39-29(2,3)4)19-10-11-33-15-24(19)36-27(37)23-9-8-22(32)26(35-23)25-20(30)6-5-7-21(25)31/h5-11,15-17H,12-14H2,1-4H3,(H,36,37)/t16-,17+/m0/s1. The first kappa shape index (κ1) is 27.9. The van der Waals surface area contributed by atoms with Crippen molar-refractivity contribution in [2.24, 2.45) is 10.9 Å². The Morgan fingerprint density at radius 2 is 1.74 bits per heavy atom. The normalized spacial score (nSPS) is 18.6. The first-order valence-electron chi connectivity index (χ1n) is 12.6. The summed E-state index contributed by atoms with van der Waals surface area (Å²) in [6.07, 6.45) is 4.37. The maximum absolute atomic E-state index is 14.5. The van der Waals surface area contributed by atoms with Crippen LogP contribution in [0.2, 0.25) is 0 Å². The Bertz CT molecular complexity index is 1420. The largest absolute Gasteiger partial charge is 0.442 e. The quantitative estimate of drug-likeness (QED) is 0.383. The molecule has 2 aromatic heterocycles. The van der Waals surface area contributed by atoms with Gasteiger partial charge in [0.2, 0.25) is 0 Å². The molecular formula is C29H29F3N4O3. The number of rotatable bonds is 4. The van der Waals surface area contributed by atoms with E-state index in [9.17, 15) is 22.8 Å². The van der Waals surface area contributed by atoms with Crippen molar-refractivity contribution >= 4 is 23.4 Å². The van der Waals surface area contributed by atoms with Crippen LogP contribution in [0.3, 0.4) is 0 Å². The molecular weight excluding hydrogens is 509 g/mol. The number of hydrogen-bond acceptors (Lipinski definition) is 5. The lowest BCUT2D eigenvalue weighted by Gasteiger charge is -2.29. The van der Waals surface area contributed by atoms with Gasteiger partial charge in [-0.15, -0.1) is 0 Å². The number of nitrogens with one attached hydrogen (secondary N) is 1. The molecule has 10 heteroatoms. The summed E-state index contributed by atoms with van der Waals surface area (Å²) in [6.45, 7) is 7.38. The monoisotopic (exact) mass is 538 g/mol. The second-order valence-corrected chi connectivity index (χ2v) is 10.6. The zero-order valence-electron chi connectivity index (χ0n) is 22.1. The van der Waals surface area contributed by atoms with E-state index in [1.54, 1.807) is 33.0 Å². The number of pyridine rings is 2. The third-order valence-electron chi connectivity index (χ3n) is 6.22. The van der Waals surface area contributed by atoms with Crippen LogP contribution in [0.1, 0.15) is 68.9 Å². The molecule has 1 fully saturated rings. The Morgan fingerprint density at radius 1 is 1.03 bits per heavy atom. The lowest BCUT2D eigenvalue weighted by molar-refractivity contribution is 0.0603. The zero-order chi connectivity index (χ0) is 28.3. The topological polar surface area (TPSA) is 93.5 Å². The van der Waals surface area contributed by atoms with Crippen molar-refractivity contribution in [2.45, 2.75) is 58.5 Å². The first-order chi connectivity index (χ1) is 18.4. The molecule has 0 aliphatic heterocycles. The number of aromatic nitrogens is 2. The highest BCUT2D eigenvalue weighted by atomic mass is 19.1. The molecule has 2 atom stereocenters. The molecule has 204 valence electrons. The van der Waals surface area contributed by atoms with Gasteiger partial charge in [0.25, 0.3) is 5.91 Å². The molecule has 0 bridgehead atoms. The van der Waals surface area contributed by atoms with Gasteiger partial charge in [-0.3, -0.25) is 9.78 Å². The molecule has 2 heterocycles. The number of hydrogen-bond donors (Lipinski definition) is 1. The Kier molecular flexibility index (Phi) is 8.13. The molecule has 1 aliphatic rings. The van der Waals surface area contributed by atoms with E-state index in [4.69, 9.17) is 4.74 Å². The van der Waals surface area contributed by atoms with Gasteiger partial charge in [0.15, 0.2) is 0 Å². The first-order valence-corrected chi connectivity index (χ1v) is 12.6. The SMILES string of the molecule is C[C@@H]1CC(=NC(=O)OC(C)(C)C)C[C@H](c2ccncc2NC(=O)c2ccc(F)c(-c3c(F)cccc3F)n2)C1. The second kappa shape index (κ2) is 11.3. The molecule has 39 heavy (non-hydrogen) atoms. The smallest absolute Gasteiger partial charge is 0.434 e. The lowest BCUT2D eigenvalue weighted by atomic mass is 9.77. The summed E-state index contributed by atoms with van der Waals surface area (Å²) in [6, 6.07) is 6.98. The predicted octanol–water partition coefficient (Wildman–Crippen LogP) is 7.09. The van der Waals surface area contributed by atoms with Gasteiger partial charge in [0.05, 0.1) is 17.4 Å². The summed E-state index contributed by atoms with van der Waals surface area (Å²) in [4.78, 5) is 37.6. The van der Waals surface area contributed by atoms with Gasteiger partial charge in [-0.25, -0.2) is 22.9 Å². The maximum atomic E-state index is 14.5. The van der Waals surface area contributed by atoms with Crippen LogP contribution in [0.15, 0.2) is 53.8 Å². The molecule has 0 spiro atoms. The summed E-state index contributed by atoms with van der Waals surface area (Å²) in [5.74, 6) is -3.51. The van der Waals surface area contributed by atoms with E-state index in [2.05, 4.69) is 27.2 Å². The summed E-state index contributed by atoms with van der Waals surface area (Å²) >= 11 is 0. The number of aliphatic imine (C=N–C) groups is 1. The molecule has 3 aromatic rings. The second-order valence-electron chi connectivity index (χ2n) is 10.6. The van der Waals surface area contributed by atoms with Crippen LogP contribution in [0.5, 0.6) is 0 Å². The Labute approximate surface area is 224 Å². The average molecular weight is 539 g/mol. The number of carbonyl (C=O) groups is 2. The zero-order valence-corrected chi connectivity index (χ0v) is 22.1. The van der Waals surface area contributed by atoms with Gasteiger partial charge in [0, 0.05) is 11.9 Å². The van der Waals surface area contributed by atoms with Crippen molar-refractivity contribution in [3.8, 4) is 11.3 Å². The van der Waals surface area contributed by atoms with Crippen LogP contribution in [0.25, 0.3) is 11.3 Å². The van der Waals surface area contributed by atoms with Crippen molar-refractivity contribution < 1.29 is 27.5 Å². The third-order valence-corrected chi connectivity index (χ3v) is 6.22. The van der Waals surface area contributed by atoms with Crippen molar-refractivity contribution in [2.75, 3.05) is 5.32 Å². The number of carbonyl (C=O) groups excluding carboxylic acids is 2. The van der Waals surface area contributed by atoms with Gasteiger partial charge < -0.3 is 10.1 Å². The van der Waals surface area contributed by atoms with E-state index >= 15 is 0 Å². The Hall–Kier alpha value is -4.08. The van der Waals surface area contributed by atoms with Crippen LogP contribution >= 0.6 is 0 Å². The molecule has 1 saturated carbocycles. The summed E-state index contributed by atoms with van der Waals surface area (Å²) < 4.78 is 48.4. The van der Waals surface area contributed by atoms with E-state index in [-0.39, 0.29) is 17.5 Å². The maximum Gasteiger partial charge on any atom is 0.434 e. The molecule has 1 aliphatic carbocycles. The number of amides is 2. The molecule has 0 saturated heterocycles. The molecule has 0 radical (unpaired) electrons. The van der Waals surface area contributed by atoms with Crippen molar-refractivity contribution in [1.82, 2.24) is 9.97 Å². The Morgan fingerprint density at radius 3 is 2.44 bits per heavy atom. The van der Waals surface area contributed by atoms with E-state index in [0.717, 1.165) is 42.3 Å². The number of benzene rings is 1. The highest BCUT2D eigenvalue weighted by molar-refractivity contribution is 6.03. The molecule has 2 amide bonds. The highest BCUT2D eigenvalue weighted by Crippen LogP contribution is 2.38. The number of anilines is 1. The van der Waals surface area contributed by atoms with E-state index in [1.165, 1.54) is 6.20 Å². The molecule has 7 nitrogen and oxygen atoms in total. The minimum Gasteiger partial charge on any atom is -0.442 e. The fourth-order valence-electron chi connectivity index (χ4n) is 4.68. The van der Waals surface area contributed by atoms with E-state index in [1.807, 2.05) is 0 Å². The highest BCUT2D eigenvalue weighted by Gasteiger charge is 2.28. The summed E-state index contributed by atoms with van der Waals surface area (Å²) in [7, 11) is 0. The van der Waals surface area contributed by atoms with Gasteiger partial charge in [-0.2, -0.15) is 4.99 Å². The fraction of sp³-hybridized carbons (Fsp3) is 0.345. The van der Waals surface area contributed by atoms with Gasteiger partial charge in [0.1, 0.15) is 34.4 Å². The van der Waals surface area contributed by atoms with Gasteiger partial charge in [-0.05, 0) is 87.8 Å². The molecule has 0 unspecified atom stereocenters. The molecule has 1 aromatic carbocycles.